The van der Waals surface area contributed by atoms with E-state index < -0.39 is 4.92 Å². The first kappa shape index (κ1) is 15.4. The molecule has 110 valence electrons. The third-order valence-electron chi connectivity index (χ3n) is 2.88. The van der Waals surface area contributed by atoms with E-state index in [-0.39, 0.29) is 11.7 Å². The number of pyridine rings is 1. The molecular formula is C14H14BrN3O3. The van der Waals surface area contributed by atoms with E-state index in [1.807, 2.05) is 6.92 Å². The van der Waals surface area contributed by atoms with Crippen LogP contribution in [-0.4, -0.2) is 9.91 Å². The fraction of sp³-hybridized carbons (Fsp3) is 0.214. The van der Waals surface area contributed by atoms with Gasteiger partial charge in [-0.2, -0.15) is 0 Å². The average Bonchev–Trinajstić information content (AvgIpc) is 2.46. The number of hydrogen-bond acceptors (Lipinski definition) is 5. The van der Waals surface area contributed by atoms with Crippen molar-refractivity contribution < 1.29 is 9.66 Å². The monoisotopic (exact) mass is 351 g/mol. The molecule has 2 rings (SSSR count). The lowest BCUT2D eigenvalue weighted by molar-refractivity contribution is -0.385. The van der Waals surface area contributed by atoms with Gasteiger partial charge in [0.25, 0.3) is 5.69 Å². The van der Waals surface area contributed by atoms with E-state index in [2.05, 4.69) is 20.9 Å². The first-order valence-electron chi connectivity index (χ1n) is 6.34. The summed E-state index contributed by atoms with van der Waals surface area (Å²) in [5.74, 6) is 0.861. The highest BCUT2D eigenvalue weighted by Crippen LogP contribution is 2.29. The molecule has 2 aromatic rings. The second-order valence-corrected chi connectivity index (χ2v) is 5.35. The van der Waals surface area contributed by atoms with Crippen LogP contribution in [0.1, 0.15) is 25.1 Å². The summed E-state index contributed by atoms with van der Waals surface area (Å²) in [7, 11) is 0. The summed E-state index contributed by atoms with van der Waals surface area (Å²) in [6.45, 7) is 1.98. The smallest absolute Gasteiger partial charge is 0.274 e. The van der Waals surface area contributed by atoms with Gasteiger partial charge in [0.05, 0.1) is 22.9 Å². The maximum absolute atomic E-state index is 10.8. The third kappa shape index (κ3) is 3.99. The number of nitrogens with zero attached hydrogens (tertiary/aromatic N) is 2. The molecule has 0 fully saturated rings. The Balaban J connectivity index is 2.20. The Hall–Kier alpha value is -1.99. The number of nitro benzene ring substituents is 1. The van der Waals surface area contributed by atoms with Crippen molar-refractivity contribution in [1.29, 1.82) is 0 Å². The van der Waals surface area contributed by atoms with Gasteiger partial charge >= 0.3 is 0 Å². The van der Waals surface area contributed by atoms with E-state index in [1.54, 1.807) is 24.4 Å². The van der Waals surface area contributed by atoms with Crippen LogP contribution in [0.3, 0.4) is 0 Å². The summed E-state index contributed by atoms with van der Waals surface area (Å²) in [5.41, 5.74) is 6.62. The second-order valence-electron chi connectivity index (χ2n) is 4.44. The van der Waals surface area contributed by atoms with Gasteiger partial charge in [0.1, 0.15) is 11.5 Å². The number of nitrogens with two attached hydrogens (primary N) is 1. The number of benzene rings is 1. The zero-order valence-electron chi connectivity index (χ0n) is 11.3. The minimum absolute atomic E-state index is 0.0445. The Morgan fingerprint density at radius 3 is 2.71 bits per heavy atom. The van der Waals surface area contributed by atoms with Crippen LogP contribution in [0.4, 0.5) is 5.69 Å². The van der Waals surface area contributed by atoms with Crippen molar-refractivity contribution in [3.63, 3.8) is 0 Å². The molecule has 6 nitrogen and oxygen atoms in total. The number of hydrogen-bond donors (Lipinski definition) is 1. The van der Waals surface area contributed by atoms with Crippen molar-refractivity contribution in [2.45, 2.75) is 19.4 Å². The predicted molar refractivity (Wildman–Crippen MR) is 82.3 cm³/mol. The molecule has 1 aromatic carbocycles. The Morgan fingerprint density at radius 2 is 2.14 bits per heavy atom. The van der Waals surface area contributed by atoms with Gasteiger partial charge in [0.15, 0.2) is 0 Å². The molecular weight excluding hydrogens is 338 g/mol. The van der Waals surface area contributed by atoms with Crippen LogP contribution in [0.2, 0.25) is 0 Å². The fourth-order valence-corrected chi connectivity index (χ4v) is 2.19. The summed E-state index contributed by atoms with van der Waals surface area (Å²) in [4.78, 5) is 14.6. The molecule has 21 heavy (non-hydrogen) atoms. The molecule has 0 saturated carbocycles. The summed E-state index contributed by atoms with van der Waals surface area (Å²) < 4.78 is 6.15. The molecule has 0 aliphatic rings. The van der Waals surface area contributed by atoms with Crippen molar-refractivity contribution >= 4 is 21.6 Å². The van der Waals surface area contributed by atoms with Crippen LogP contribution in [-0.2, 0) is 0 Å². The Morgan fingerprint density at radius 1 is 1.38 bits per heavy atom. The lowest BCUT2D eigenvalue weighted by Crippen LogP contribution is -2.10. The Kier molecular flexibility index (Phi) is 4.87. The number of ether oxygens (including phenoxy) is 1. The lowest BCUT2D eigenvalue weighted by atomic mass is 10.1. The third-order valence-corrected chi connectivity index (χ3v) is 3.34. The Labute approximate surface area is 130 Å². The largest absolute Gasteiger partial charge is 0.455 e. The Bertz CT molecular complexity index is 646. The van der Waals surface area contributed by atoms with Crippen LogP contribution in [0.5, 0.6) is 11.5 Å². The van der Waals surface area contributed by atoms with Gasteiger partial charge in [-0.1, -0.05) is 22.9 Å². The van der Waals surface area contributed by atoms with E-state index in [1.165, 1.54) is 12.1 Å². The predicted octanol–water partition coefficient (Wildman–Crippen LogP) is 3.95. The highest BCUT2D eigenvalue weighted by atomic mass is 79.9. The highest BCUT2D eigenvalue weighted by molar-refractivity contribution is 9.10. The summed E-state index contributed by atoms with van der Waals surface area (Å²) >= 11 is 3.22. The van der Waals surface area contributed by atoms with E-state index in [0.29, 0.717) is 16.0 Å². The van der Waals surface area contributed by atoms with Gasteiger partial charge in [-0.05, 0) is 24.6 Å². The standard InChI is InChI=1S/C14H14BrN3O3/c1-2-13(16)14-4-3-11(8-17-14)21-12-6-9(15)5-10(7-12)18(19)20/h3-8,13H,2,16H2,1H3/t13-/m1/s1. The second kappa shape index (κ2) is 6.64. The molecule has 0 aliphatic carbocycles. The quantitative estimate of drug-likeness (QED) is 0.650. The lowest BCUT2D eigenvalue weighted by Gasteiger charge is -2.10. The van der Waals surface area contributed by atoms with Crippen molar-refractivity contribution in [2.24, 2.45) is 5.73 Å². The molecule has 0 radical (unpaired) electrons. The molecule has 2 N–H and O–H groups in total. The molecule has 7 heteroatoms. The molecule has 0 saturated heterocycles. The minimum atomic E-state index is -0.473. The number of rotatable bonds is 5. The molecule has 1 aromatic heterocycles. The zero-order chi connectivity index (χ0) is 15.4. The van der Waals surface area contributed by atoms with E-state index in [9.17, 15) is 10.1 Å². The van der Waals surface area contributed by atoms with Crippen molar-refractivity contribution in [3.05, 3.63) is 56.8 Å². The number of halogens is 1. The summed E-state index contributed by atoms with van der Waals surface area (Å²) in [5, 5.41) is 10.8. The average molecular weight is 352 g/mol. The number of aromatic nitrogens is 1. The van der Waals surface area contributed by atoms with Crippen LogP contribution in [0.25, 0.3) is 0 Å². The number of non-ortho nitro benzene ring substituents is 1. The van der Waals surface area contributed by atoms with Crippen LogP contribution >= 0.6 is 15.9 Å². The highest BCUT2D eigenvalue weighted by Gasteiger charge is 2.11. The molecule has 0 bridgehead atoms. The van der Waals surface area contributed by atoms with Crippen LogP contribution < -0.4 is 10.5 Å². The maximum Gasteiger partial charge on any atom is 0.274 e. The molecule has 1 heterocycles. The SMILES string of the molecule is CC[C@@H](N)c1ccc(Oc2cc(Br)cc([N+](=O)[O-])c2)cn1. The molecule has 0 unspecified atom stereocenters. The summed E-state index contributed by atoms with van der Waals surface area (Å²) in [6.07, 6.45) is 2.35. The molecule has 0 aliphatic heterocycles. The van der Waals surface area contributed by atoms with E-state index >= 15 is 0 Å². The van der Waals surface area contributed by atoms with Gasteiger partial charge < -0.3 is 10.5 Å². The topological polar surface area (TPSA) is 91.3 Å². The van der Waals surface area contributed by atoms with Gasteiger partial charge in [0.2, 0.25) is 0 Å². The van der Waals surface area contributed by atoms with Crippen molar-refractivity contribution in [1.82, 2.24) is 4.98 Å². The normalized spacial score (nSPS) is 12.0. The van der Waals surface area contributed by atoms with Crippen LogP contribution in [0, 0.1) is 10.1 Å². The summed E-state index contributed by atoms with van der Waals surface area (Å²) in [6, 6.07) is 7.84. The number of nitro groups is 1. The van der Waals surface area contributed by atoms with E-state index in [4.69, 9.17) is 10.5 Å². The van der Waals surface area contributed by atoms with E-state index in [0.717, 1.165) is 12.1 Å². The molecule has 0 spiro atoms. The van der Waals surface area contributed by atoms with Gasteiger partial charge in [-0.3, -0.25) is 15.1 Å². The fourth-order valence-electron chi connectivity index (χ4n) is 1.73. The molecule has 0 amide bonds. The molecule has 1 atom stereocenters. The van der Waals surface area contributed by atoms with Crippen molar-refractivity contribution in [3.8, 4) is 11.5 Å². The maximum atomic E-state index is 10.8. The van der Waals surface area contributed by atoms with Gasteiger partial charge in [0, 0.05) is 16.6 Å². The van der Waals surface area contributed by atoms with Gasteiger partial charge in [-0.25, -0.2) is 0 Å². The van der Waals surface area contributed by atoms with Crippen molar-refractivity contribution in [2.75, 3.05) is 0 Å². The minimum Gasteiger partial charge on any atom is -0.455 e. The van der Waals surface area contributed by atoms with Gasteiger partial charge in [-0.15, -0.1) is 0 Å². The first-order chi connectivity index (χ1) is 9.99. The van der Waals surface area contributed by atoms with Crippen LogP contribution in [0.15, 0.2) is 41.0 Å². The zero-order valence-corrected chi connectivity index (χ0v) is 12.9. The first-order valence-corrected chi connectivity index (χ1v) is 7.13.